The molecule has 2 nitrogen and oxygen atoms in total. The topological polar surface area (TPSA) is 38.0 Å². The molecule has 3 N–H and O–H groups in total. The summed E-state index contributed by atoms with van der Waals surface area (Å²) in [5, 5.41) is 3.36. The Kier molecular flexibility index (Phi) is 4.10. The summed E-state index contributed by atoms with van der Waals surface area (Å²) in [7, 11) is 0. The minimum absolute atomic E-state index is 0.610. The highest BCUT2D eigenvalue weighted by molar-refractivity contribution is 5.73. The third kappa shape index (κ3) is 3.28. The molecule has 0 spiro atoms. The monoisotopic (exact) mass is 254 g/mol. The van der Waals surface area contributed by atoms with Gasteiger partial charge in [0.25, 0.3) is 0 Å². The Morgan fingerprint density at radius 1 is 1.11 bits per heavy atom. The fraction of sp³-hybridized carbons (Fsp3) is 0.294. The third-order valence-electron chi connectivity index (χ3n) is 3.58. The van der Waals surface area contributed by atoms with E-state index in [1.807, 2.05) is 19.1 Å². The quantitative estimate of drug-likeness (QED) is 0.766. The molecule has 2 rings (SSSR count). The van der Waals surface area contributed by atoms with Gasteiger partial charge < -0.3 is 11.1 Å². The van der Waals surface area contributed by atoms with Crippen LogP contribution in [0.2, 0.25) is 0 Å². The van der Waals surface area contributed by atoms with Gasteiger partial charge >= 0.3 is 0 Å². The third-order valence-corrected chi connectivity index (χ3v) is 3.58. The number of benzene rings is 2. The van der Waals surface area contributed by atoms with E-state index in [0.717, 1.165) is 23.5 Å². The number of nitrogens with one attached hydrogen (secondary N) is 1. The van der Waals surface area contributed by atoms with E-state index in [4.69, 9.17) is 5.73 Å². The molecule has 0 aromatic heterocycles. The van der Waals surface area contributed by atoms with Crippen molar-refractivity contribution in [2.45, 2.75) is 33.1 Å². The Bertz CT molecular complexity index is 544. The number of nitrogens with two attached hydrogens (primary N) is 1. The molecule has 2 aromatic rings. The van der Waals surface area contributed by atoms with Crippen molar-refractivity contribution in [2.75, 3.05) is 11.1 Å². The van der Waals surface area contributed by atoms with Crippen LogP contribution in [0.5, 0.6) is 0 Å². The number of hydrogen-bond acceptors (Lipinski definition) is 2. The first kappa shape index (κ1) is 13.5. The first-order valence-corrected chi connectivity index (χ1v) is 6.83. The van der Waals surface area contributed by atoms with Crippen molar-refractivity contribution >= 4 is 17.1 Å². The Labute approximate surface area is 115 Å². The van der Waals surface area contributed by atoms with Crippen molar-refractivity contribution in [1.82, 2.24) is 0 Å². The summed E-state index contributed by atoms with van der Waals surface area (Å²) in [6.45, 7) is 6.51. The Balaban J connectivity index is 2.15. The van der Waals surface area contributed by atoms with Crippen LogP contribution in [0.25, 0.3) is 0 Å². The summed E-state index contributed by atoms with van der Waals surface area (Å²) in [5.41, 5.74) is 11.4. The summed E-state index contributed by atoms with van der Waals surface area (Å²) in [4.78, 5) is 0. The standard InChI is InChI=1S/C17H22N2/c1-4-13(3)14-6-8-15(9-7-14)19-17-10-5-12(2)11-16(17)18/h5-11,13,19H,4,18H2,1-3H3. The normalized spacial score (nSPS) is 12.2. The molecule has 100 valence electrons. The molecule has 19 heavy (non-hydrogen) atoms. The van der Waals surface area contributed by atoms with E-state index in [9.17, 15) is 0 Å². The predicted molar refractivity (Wildman–Crippen MR) is 84.0 cm³/mol. The van der Waals surface area contributed by atoms with Crippen LogP contribution in [-0.2, 0) is 0 Å². The molecule has 0 aliphatic carbocycles. The van der Waals surface area contributed by atoms with E-state index >= 15 is 0 Å². The van der Waals surface area contributed by atoms with Crippen molar-refractivity contribution in [2.24, 2.45) is 0 Å². The second kappa shape index (κ2) is 5.79. The van der Waals surface area contributed by atoms with Gasteiger partial charge in [0.2, 0.25) is 0 Å². The van der Waals surface area contributed by atoms with E-state index < -0.39 is 0 Å². The van der Waals surface area contributed by atoms with Crippen molar-refractivity contribution in [1.29, 1.82) is 0 Å². The smallest absolute Gasteiger partial charge is 0.0618 e. The van der Waals surface area contributed by atoms with Gasteiger partial charge in [0.1, 0.15) is 0 Å². The average molecular weight is 254 g/mol. The van der Waals surface area contributed by atoms with Crippen LogP contribution in [0.3, 0.4) is 0 Å². The lowest BCUT2D eigenvalue weighted by Gasteiger charge is -2.12. The van der Waals surface area contributed by atoms with Crippen LogP contribution in [0.15, 0.2) is 42.5 Å². The van der Waals surface area contributed by atoms with Crippen molar-refractivity contribution in [3.63, 3.8) is 0 Å². The van der Waals surface area contributed by atoms with Gasteiger partial charge in [0, 0.05) is 5.69 Å². The lowest BCUT2D eigenvalue weighted by molar-refractivity contribution is 0.734. The molecular formula is C17H22N2. The van der Waals surface area contributed by atoms with Gasteiger partial charge in [-0.1, -0.05) is 32.0 Å². The van der Waals surface area contributed by atoms with Crippen LogP contribution in [0.4, 0.5) is 17.1 Å². The SMILES string of the molecule is CCC(C)c1ccc(Nc2ccc(C)cc2N)cc1. The maximum absolute atomic E-state index is 6.01. The van der Waals surface area contributed by atoms with Gasteiger partial charge in [-0.05, 0) is 54.7 Å². The highest BCUT2D eigenvalue weighted by Gasteiger charge is 2.03. The summed E-state index contributed by atoms with van der Waals surface area (Å²) in [6, 6.07) is 14.7. The fourth-order valence-corrected chi connectivity index (χ4v) is 2.08. The van der Waals surface area contributed by atoms with Crippen LogP contribution >= 0.6 is 0 Å². The molecule has 0 amide bonds. The van der Waals surface area contributed by atoms with Crippen molar-refractivity contribution in [3.8, 4) is 0 Å². The fourth-order valence-electron chi connectivity index (χ4n) is 2.08. The van der Waals surface area contributed by atoms with Gasteiger partial charge in [0.15, 0.2) is 0 Å². The van der Waals surface area contributed by atoms with E-state index in [1.54, 1.807) is 0 Å². The van der Waals surface area contributed by atoms with Crippen LogP contribution < -0.4 is 11.1 Å². The molecule has 0 fully saturated rings. The zero-order chi connectivity index (χ0) is 13.8. The largest absolute Gasteiger partial charge is 0.397 e. The predicted octanol–water partition coefficient (Wildman–Crippen LogP) is 4.83. The second-order valence-corrected chi connectivity index (χ2v) is 5.15. The van der Waals surface area contributed by atoms with E-state index in [0.29, 0.717) is 5.92 Å². The van der Waals surface area contributed by atoms with Crippen molar-refractivity contribution in [3.05, 3.63) is 53.6 Å². The molecule has 0 heterocycles. The van der Waals surface area contributed by atoms with E-state index in [2.05, 4.69) is 49.5 Å². The Hall–Kier alpha value is -1.96. The van der Waals surface area contributed by atoms with Gasteiger partial charge in [-0.2, -0.15) is 0 Å². The summed E-state index contributed by atoms with van der Waals surface area (Å²) >= 11 is 0. The number of anilines is 3. The lowest BCUT2D eigenvalue weighted by Crippen LogP contribution is -1.97. The summed E-state index contributed by atoms with van der Waals surface area (Å²) in [6.07, 6.45) is 1.16. The Morgan fingerprint density at radius 2 is 1.79 bits per heavy atom. The minimum atomic E-state index is 0.610. The molecule has 0 aliphatic heterocycles. The van der Waals surface area contributed by atoms with Gasteiger partial charge in [-0.15, -0.1) is 0 Å². The molecule has 0 radical (unpaired) electrons. The first-order chi connectivity index (χ1) is 9.10. The van der Waals surface area contributed by atoms with E-state index in [-0.39, 0.29) is 0 Å². The molecule has 2 heteroatoms. The van der Waals surface area contributed by atoms with Gasteiger partial charge in [0.05, 0.1) is 11.4 Å². The molecule has 0 aliphatic rings. The first-order valence-electron chi connectivity index (χ1n) is 6.83. The average Bonchev–Trinajstić information content (AvgIpc) is 2.42. The molecule has 0 saturated heterocycles. The zero-order valence-electron chi connectivity index (χ0n) is 11.9. The van der Waals surface area contributed by atoms with Crippen LogP contribution in [0.1, 0.15) is 37.3 Å². The second-order valence-electron chi connectivity index (χ2n) is 5.15. The molecule has 1 unspecified atom stereocenters. The summed E-state index contributed by atoms with van der Waals surface area (Å²) < 4.78 is 0. The highest BCUT2D eigenvalue weighted by atomic mass is 14.9. The number of hydrogen-bond donors (Lipinski definition) is 2. The lowest BCUT2D eigenvalue weighted by atomic mass is 9.98. The van der Waals surface area contributed by atoms with Gasteiger partial charge in [-0.3, -0.25) is 0 Å². The number of rotatable bonds is 4. The number of nitrogen functional groups attached to an aromatic ring is 1. The number of aryl methyl sites for hydroxylation is 1. The van der Waals surface area contributed by atoms with E-state index in [1.165, 1.54) is 11.1 Å². The molecule has 0 saturated carbocycles. The van der Waals surface area contributed by atoms with Crippen molar-refractivity contribution < 1.29 is 0 Å². The molecule has 2 aromatic carbocycles. The zero-order valence-corrected chi connectivity index (χ0v) is 11.9. The Morgan fingerprint density at radius 3 is 2.37 bits per heavy atom. The molecule has 0 bridgehead atoms. The molecule has 1 atom stereocenters. The van der Waals surface area contributed by atoms with Gasteiger partial charge in [-0.25, -0.2) is 0 Å². The maximum atomic E-state index is 6.01. The summed E-state index contributed by atoms with van der Waals surface area (Å²) in [5.74, 6) is 0.610. The maximum Gasteiger partial charge on any atom is 0.0618 e. The van der Waals surface area contributed by atoms with Crippen LogP contribution in [0, 0.1) is 6.92 Å². The highest BCUT2D eigenvalue weighted by Crippen LogP contribution is 2.26. The van der Waals surface area contributed by atoms with Crippen LogP contribution in [-0.4, -0.2) is 0 Å². The molecular weight excluding hydrogens is 232 g/mol. The minimum Gasteiger partial charge on any atom is -0.397 e.